The molecule has 0 heterocycles. The van der Waals surface area contributed by atoms with Crippen molar-refractivity contribution in [2.75, 3.05) is 0 Å². The van der Waals surface area contributed by atoms with Gasteiger partial charge in [-0.15, -0.1) is 11.6 Å². The number of unbranched alkanes of at least 4 members (excludes halogenated alkanes) is 2. The van der Waals surface area contributed by atoms with E-state index >= 15 is 0 Å². The molecule has 0 bridgehead atoms. The maximum Gasteiger partial charge on any atom is 0.196 e. The molecule has 0 fully saturated rings. The van der Waals surface area contributed by atoms with Crippen LogP contribution in [0, 0.1) is 11.8 Å². The third kappa shape index (κ3) is 5.82. The van der Waals surface area contributed by atoms with Gasteiger partial charge < -0.3 is 0 Å². The van der Waals surface area contributed by atoms with E-state index in [9.17, 15) is 0 Å². The van der Waals surface area contributed by atoms with Crippen LogP contribution in [0.3, 0.4) is 0 Å². The lowest BCUT2D eigenvalue weighted by Crippen LogP contribution is -2.30. The van der Waals surface area contributed by atoms with Crippen LogP contribution in [0.25, 0.3) is 0 Å². The van der Waals surface area contributed by atoms with Crippen LogP contribution in [0.2, 0.25) is 11.6 Å². The van der Waals surface area contributed by atoms with Gasteiger partial charge in [-0.25, -0.2) is 0 Å². The van der Waals surface area contributed by atoms with E-state index in [1.807, 2.05) is 0 Å². The molecule has 0 nitrogen and oxygen atoms in total. The summed E-state index contributed by atoms with van der Waals surface area (Å²) >= 11 is 6.62. The van der Waals surface area contributed by atoms with E-state index in [1.165, 1.54) is 12.8 Å². The topological polar surface area (TPSA) is 0 Å². The lowest BCUT2D eigenvalue weighted by Gasteiger charge is -2.31. The van der Waals surface area contributed by atoms with Crippen LogP contribution in [-0.2, 0) is 0 Å². The molecule has 0 aliphatic rings. The monoisotopic (exact) mass is 270 g/mol. The second kappa shape index (κ2) is 9.07. The summed E-state index contributed by atoms with van der Waals surface area (Å²) in [5.74, 6) is 2.66. The van der Waals surface area contributed by atoms with Crippen molar-refractivity contribution in [2.45, 2.75) is 79.4 Å². The largest absolute Gasteiger partial charge is 0.196 e. The molecule has 2 unspecified atom stereocenters. The van der Waals surface area contributed by atoms with Crippen molar-refractivity contribution in [3.63, 3.8) is 0 Å². The first kappa shape index (κ1) is 18.1. The van der Waals surface area contributed by atoms with Crippen LogP contribution in [0.1, 0.15) is 67.7 Å². The average molecular weight is 271 g/mol. The van der Waals surface area contributed by atoms with E-state index < -0.39 is 0 Å². The van der Waals surface area contributed by atoms with E-state index in [1.54, 1.807) is 0 Å². The molecular formula is C16H32BCl. The molecule has 0 aromatic rings. The average Bonchev–Trinajstić information content (AvgIpc) is 2.29. The Morgan fingerprint density at radius 2 is 1.44 bits per heavy atom. The maximum atomic E-state index is 6.62. The third-order valence-electron chi connectivity index (χ3n) is 4.45. The fourth-order valence-electron chi connectivity index (χ4n) is 2.39. The fraction of sp³-hybridized carbons (Fsp3) is 0.875. The second-order valence-corrected chi connectivity index (χ2v) is 6.90. The van der Waals surface area contributed by atoms with Gasteiger partial charge in [0.15, 0.2) is 6.71 Å². The first-order chi connectivity index (χ1) is 8.32. The van der Waals surface area contributed by atoms with E-state index in [0.717, 1.165) is 11.4 Å². The molecule has 0 aromatic heterocycles. The third-order valence-corrected chi connectivity index (χ3v) is 4.86. The molecule has 0 spiro atoms. The Balaban J connectivity index is 4.90. The summed E-state index contributed by atoms with van der Waals surface area (Å²) in [5, 5.41) is 0. The highest BCUT2D eigenvalue weighted by Crippen LogP contribution is 2.37. The Morgan fingerprint density at radius 3 is 1.78 bits per heavy atom. The molecule has 0 aromatic carbocycles. The Hall–Kier alpha value is 0.0949. The fourth-order valence-corrected chi connectivity index (χ4v) is 2.90. The Bertz CT molecular complexity index is 231. The van der Waals surface area contributed by atoms with Crippen LogP contribution in [0.15, 0.2) is 11.0 Å². The SMILES string of the molecule is CCCC/C=C(/Cl)B(C(C)C(C)C)C(C)C(C)C. The summed E-state index contributed by atoms with van der Waals surface area (Å²) in [4.78, 5) is 1.10. The van der Waals surface area contributed by atoms with Crippen LogP contribution in [-0.4, -0.2) is 6.71 Å². The van der Waals surface area contributed by atoms with Gasteiger partial charge in [0.1, 0.15) is 0 Å². The normalized spacial score (nSPS) is 16.2. The molecule has 2 heteroatoms. The number of rotatable bonds is 8. The highest BCUT2D eigenvalue weighted by Gasteiger charge is 2.33. The first-order valence-electron chi connectivity index (χ1n) is 7.68. The zero-order chi connectivity index (χ0) is 14.3. The van der Waals surface area contributed by atoms with Gasteiger partial charge in [0.05, 0.1) is 0 Å². The molecule has 0 radical (unpaired) electrons. The Morgan fingerprint density at radius 1 is 1.00 bits per heavy atom. The quantitative estimate of drug-likeness (QED) is 0.352. The highest BCUT2D eigenvalue weighted by molar-refractivity contribution is 6.80. The maximum absolute atomic E-state index is 6.62. The molecule has 0 aliphatic heterocycles. The molecule has 106 valence electrons. The summed E-state index contributed by atoms with van der Waals surface area (Å²) in [7, 11) is 0. The van der Waals surface area contributed by atoms with Crippen LogP contribution in [0.5, 0.6) is 0 Å². The van der Waals surface area contributed by atoms with Crippen molar-refractivity contribution < 1.29 is 0 Å². The van der Waals surface area contributed by atoms with E-state index in [2.05, 4.69) is 54.5 Å². The molecule has 0 amide bonds. The van der Waals surface area contributed by atoms with Crippen LogP contribution in [0.4, 0.5) is 0 Å². The van der Waals surface area contributed by atoms with Gasteiger partial charge in [-0.05, 0) is 11.4 Å². The van der Waals surface area contributed by atoms with E-state index in [4.69, 9.17) is 11.6 Å². The number of hydrogen-bond acceptors (Lipinski definition) is 0. The molecule has 18 heavy (non-hydrogen) atoms. The van der Waals surface area contributed by atoms with Crippen molar-refractivity contribution in [1.29, 1.82) is 0 Å². The molecule has 0 saturated carbocycles. The van der Waals surface area contributed by atoms with Crippen LogP contribution < -0.4 is 0 Å². The number of allylic oxidation sites excluding steroid dienone is 1. The van der Waals surface area contributed by atoms with Gasteiger partial charge >= 0.3 is 0 Å². The molecule has 0 saturated heterocycles. The van der Waals surface area contributed by atoms with Gasteiger partial charge in [0.25, 0.3) is 0 Å². The minimum absolute atomic E-state index is 0.517. The molecule has 0 rings (SSSR count). The van der Waals surface area contributed by atoms with Crippen molar-refractivity contribution >= 4 is 18.3 Å². The Kier molecular flexibility index (Phi) is 9.12. The van der Waals surface area contributed by atoms with Crippen molar-refractivity contribution in [3.8, 4) is 0 Å². The summed E-state index contributed by atoms with van der Waals surface area (Å²) < 4.78 is 0. The summed E-state index contributed by atoms with van der Waals surface area (Å²) in [6.45, 7) is 16.7. The Labute approximate surface area is 121 Å². The van der Waals surface area contributed by atoms with E-state index in [-0.39, 0.29) is 0 Å². The molecule has 0 N–H and O–H groups in total. The lowest BCUT2D eigenvalue weighted by atomic mass is 9.31. The first-order valence-corrected chi connectivity index (χ1v) is 8.06. The molecular weight excluding hydrogens is 238 g/mol. The van der Waals surface area contributed by atoms with Gasteiger partial charge in [0, 0.05) is 0 Å². The smallest absolute Gasteiger partial charge is 0.100 e. The zero-order valence-electron chi connectivity index (χ0n) is 13.5. The predicted molar refractivity (Wildman–Crippen MR) is 87.7 cm³/mol. The van der Waals surface area contributed by atoms with Gasteiger partial charge in [-0.1, -0.05) is 90.9 Å². The lowest BCUT2D eigenvalue weighted by molar-refractivity contribution is 0.566. The molecule has 0 aliphatic carbocycles. The van der Waals surface area contributed by atoms with Gasteiger partial charge in [-0.2, -0.15) is 0 Å². The summed E-state index contributed by atoms with van der Waals surface area (Å²) in [6, 6.07) is 0. The van der Waals surface area contributed by atoms with E-state index in [0.29, 0.717) is 30.2 Å². The van der Waals surface area contributed by atoms with Crippen molar-refractivity contribution in [2.24, 2.45) is 11.8 Å². The standard InChI is InChI=1S/C16H32BCl/c1-8-9-10-11-16(18)17(14(6)12(2)3)15(7)13(4)5/h11-15H,8-10H2,1-7H3/b16-11+. The minimum Gasteiger partial charge on any atom is -0.100 e. The predicted octanol–water partition coefficient (Wildman–Crippen LogP) is 6.43. The highest BCUT2D eigenvalue weighted by atomic mass is 35.5. The van der Waals surface area contributed by atoms with Crippen molar-refractivity contribution in [3.05, 3.63) is 11.0 Å². The van der Waals surface area contributed by atoms with Crippen LogP contribution >= 0.6 is 11.6 Å². The number of hydrogen-bond donors (Lipinski definition) is 0. The van der Waals surface area contributed by atoms with Gasteiger partial charge in [-0.3, -0.25) is 0 Å². The van der Waals surface area contributed by atoms with Gasteiger partial charge in [0.2, 0.25) is 0 Å². The second-order valence-electron chi connectivity index (χ2n) is 6.46. The number of halogens is 1. The zero-order valence-corrected chi connectivity index (χ0v) is 14.2. The van der Waals surface area contributed by atoms with Crippen molar-refractivity contribution in [1.82, 2.24) is 0 Å². The molecule has 2 atom stereocenters. The minimum atomic E-state index is 0.517. The summed E-state index contributed by atoms with van der Waals surface area (Å²) in [6.07, 6.45) is 5.88. The summed E-state index contributed by atoms with van der Waals surface area (Å²) in [5.41, 5.74) is 0.